The minimum atomic E-state index is -4.76. The maximum atomic E-state index is 13.0. The molecule has 4 rings (SSSR count). The first-order valence-corrected chi connectivity index (χ1v) is 11.6. The van der Waals surface area contributed by atoms with E-state index in [1.807, 2.05) is 11.9 Å². The number of likely N-dealkylation sites (tertiary alicyclic amines) is 2. The molecule has 3 aliphatic heterocycles. The van der Waals surface area contributed by atoms with Crippen LogP contribution in [0, 0.1) is 0 Å². The van der Waals surface area contributed by atoms with Gasteiger partial charge < -0.3 is 20.1 Å². The second-order valence-electron chi connectivity index (χ2n) is 9.35. The quantitative estimate of drug-likeness (QED) is 0.634. The Hall–Kier alpha value is -2.37. The number of β-amino-alcohol motifs (C(OH)–C–C–N with tert-alkyl or cyclic N) is 1. The van der Waals surface area contributed by atoms with E-state index in [9.17, 15) is 27.9 Å². The zero-order valence-corrected chi connectivity index (χ0v) is 19.1. The Balaban J connectivity index is 1.38. The largest absolute Gasteiger partial charge is 0.573 e. The molecule has 1 aromatic carbocycles. The van der Waals surface area contributed by atoms with Crippen LogP contribution >= 0.6 is 0 Å². The van der Waals surface area contributed by atoms with E-state index in [0.29, 0.717) is 57.5 Å². The summed E-state index contributed by atoms with van der Waals surface area (Å²) in [7, 11) is 1.97. The molecule has 3 saturated heterocycles. The van der Waals surface area contributed by atoms with Crippen LogP contribution in [0.15, 0.2) is 24.3 Å². The van der Waals surface area contributed by atoms with Crippen molar-refractivity contribution in [2.75, 3.05) is 33.2 Å². The van der Waals surface area contributed by atoms with Crippen molar-refractivity contribution < 1.29 is 32.6 Å². The van der Waals surface area contributed by atoms with Gasteiger partial charge in [0.25, 0.3) is 0 Å². The summed E-state index contributed by atoms with van der Waals surface area (Å²) in [5.41, 5.74) is 0.636. The molecular formula is C23H31F3N4O4. The maximum Gasteiger partial charge on any atom is 0.573 e. The highest BCUT2D eigenvalue weighted by Crippen LogP contribution is 2.30. The number of aliphatic hydroxyl groups is 1. The van der Waals surface area contributed by atoms with E-state index in [-0.39, 0.29) is 29.6 Å². The highest BCUT2D eigenvalue weighted by atomic mass is 19.4. The predicted molar refractivity (Wildman–Crippen MR) is 117 cm³/mol. The molecular weight excluding hydrogens is 453 g/mol. The second-order valence-corrected chi connectivity index (χ2v) is 9.35. The molecule has 1 aromatic rings. The Morgan fingerprint density at radius 3 is 2.76 bits per heavy atom. The first-order chi connectivity index (χ1) is 16.1. The predicted octanol–water partition coefficient (Wildman–Crippen LogP) is 1.33. The highest BCUT2D eigenvalue weighted by molar-refractivity contribution is 5.83. The number of aliphatic hydroxyl groups excluding tert-OH is 1. The van der Waals surface area contributed by atoms with Gasteiger partial charge >= 0.3 is 6.36 Å². The summed E-state index contributed by atoms with van der Waals surface area (Å²) < 4.78 is 41.7. The maximum absolute atomic E-state index is 13.0. The number of nitrogens with one attached hydrogen (secondary N) is 1. The van der Waals surface area contributed by atoms with E-state index in [1.54, 1.807) is 11.0 Å². The highest BCUT2D eigenvalue weighted by Gasteiger charge is 2.45. The number of amides is 2. The number of benzene rings is 1. The van der Waals surface area contributed by atoms with Gasteiger partial charge in [0.15, 0.2) is 0 Å². The number of hydrogen-bond donors (Lipinski definition) is 2. The molecule has 3 fully saturated rings. The van der Waals surface area contributed by atoms with Crippen LogP contribution in [0.1, 0.15) is 31.2 Å². The number of nitrogens with zero attached hydrogens (tertiary/aromatic N) is 3. The van der Waals surface area contributed by atoms with Gasteiger partial charge in [0, 0.05) is 51.2 Å². The standard InChI is InChI=1S/C23H31F3N4O4/c1-28-16(5-6-20(32)29-9-7-17(31)14-29)12-27-22(33)21-19(28)8-10-30(21)13-15-3-2-4-18(11-15)34-23(24,25)26/h2-4,11,16-17,19,21,31H,5-10,12-14H2,1H3,(H,27,33)/t16-,17+,19-,21-/m0/s1. The van der Waals surface area contributed by atoms with Gasteiger partial charge in [-0.2, -0.15) is 0 Å². The van der Waals surface area contributed by atoms with E-state index < -0.39 is 18.5 Å². The molecule has 3 heterocycles. The van der Waals surface area contributed by atoms with Crippen LogP contribution in [-0.2, 0) is 16.1 Å². The molecule has 188 valence electrons. The van der Waals surface area contributed by atoms with E-state index in [1.165, 1.54) is 18.2 Å². The molecule has 0 saturated carbocycles. The molecule has 0 bridgehead atoms. The summed E-state index contributed by atoms with van der Waals surface area (Å²) in [5.74, 6) is -0.363. The number of likely N-dealkylation sites (N-methyl/N-ethyl adjacent to an activating group) is 1. The summed E-state index contributed by atoms with van der Waals surface area (Å²) in [4.78, 5) is 31.3. The van der Waals surface area contributed by atoms with E-state index in [4.69, 9.17) is 0 Å². The number of ether oxygens (including phenoxy) is 1. The lowest BCUT2D eigenvalue weighted by molar-refractivity contribution is -0.274. The summed E-state index contributed by atoms with van der Waals surface area (Å²) in [6.07, 6.45) is -2.90. The van der Waals surface area contributed by atoms with Gasteiger partial charge in [-0.15, -0.1) is 13.2 Å². The lowest BCUT2D eigenvalue weighted by atomic mass is 10.0. The van der Waals surface area contributed by atoms with Crippen LogP contribution in [0.5, 0.6) is 5.75 Å². The Kier molecular flexibility index (Phi) is 7.34. The van der Waals surface area contributed by atoms with Crippen molar-refractivity contribution in [3.8, 4) is 5.75 Å². The first kappa shape index (κ1) is 24.7. The third-order valence-electron chi connectivity index (χ3n) is 7.07. The van der Waals surface area contributed by atoms with Gasteiger partial charge in [-0.1, -0.05) is 12.1 Å². The Labute approximate surface area is 196 Å². The van der Waals surface area contributed by atoms with Gasteiger partial charge in [-0.3, -0.25) is 19.4 Å². The lowest BCUT2D eigenvalue weighted by Gasteiger charge is -2.33. The van der Waals surface area contributed by atoms with Gasteiger partial charge in [-0.25, -0.2) is 0 Å². The number of carbonyl (C=O) groups excluding carboxylic acids is 2. The number of rotatable bonds is 6. The van der Waals surface area contributed by atoms with Crippen molar-refractivity contribution in [1.82, 2.24) is 20.0 Å². The Bertz CT molecular complexity index is 899. The minimum absolute atomic E-state index is 0.00103. The van der Waals surface area contributed by atoms with Crippen LogP contribution in [-0.4, -0.2) is 95.4 Å². The average molecular weight is 485 g/mol. The molecule has 2 amide bonds. The van der Waals surface area contributed by atoms with E-state index in [2.05, 4.69) is 15.0 Å². The summed E-state index contributed by atoms with van der Waals surface area (Å²) >= 11 is 0. The first-order valence-electron chi connectivity index (χ1n) is 11.6. The third-order valence-corrected chi connectivity index (χ3v) is 7.07. The molecule has 0 unspecified atom stereocenters. The summed E-state index contributed by atoms with van der Waals surface area (Å²) in [6.45, 7) is 2.35. The van der Waals surface area contributed by atoms with Gasteiger partial charge in [0.1, 0.15) is 11.8 Å². The molecule has 3 aliphatic rings. The van der Waals surface area contributed by atoms with Crippen molar-refractivity contribution >= 4 is 11.8 Å². The SMILES string of the molecule is CN1[C@@H](CCC(=O)N2CC[C@@H](O)C2)CNC(=O)[C@@H]2[C@@H]1CCN2Cc1cccc(OC(F)(F)F)c1. The zero-order chi connectivity index (χ0) is 24.5. The molecule has 11 heteroatoms. The zero-order valence-electron chi connectivity index (χ0n) is 19.1. The van der Waals surface area contributed by atoms with Gasteiger partial charge in [0.2, 0.25) is 11.8 Å². The van der Waals surface area contributed by atoms with Gasteiger partial charge in [-0.05, 0) is 44.0 Å². The molecule has 0 aromatic heterocycles. The van der Waals surface area contributed by atoms with Crippen molar-refractivity contribution in [1.29, 1.82) is 0 Å². The van der Waals surface area contributed by atoms with Crippen molar-refractivity contribution in [3.05, 3.63) is 29.8 Å². The second kappa shape index (κ2) is 10.1. The minimum Gasteiger partial charge on any atom is -0.406 e. The summed E-state index contributed by atoms with van der Waals surface area (Å²) in [5, 5.41) is 12.7. The van der Waals surface area contributed by atoms with E-state index >= 15 is 0 Å². The average Bonchev–Trinajstić information content (AvgIpc) is 3.35. The number of halogens is 3. The summed E-state index contributed by atoms with van der Waals surface area (Å²) in [6, 6.07) is 5.36. The molecule has 0 aliphatic carbocycles. The van der Waals surface area contributed by atoms with Crippen LogP contribution in [0.2, 0.25) is 0 Å². The molecule has 0 radical (unpaired) electrons. The molecule has 2 N–H and O–H groups in total. The van der Waals surface area contributed by atoms with Crippen molar-refractivity contribution in [2.45, 2.75) is 62.8 Å². The third kappa shape index (κ3) is 5.81. The van der Waals surface area contributed by atoms with Crippen LogP contribution < -0.4 is 10.1 Å². The fourth-order valence-electron chi connectivity index (χ4n) is 5.32. The van der Waals surface area contributed by atoms with Crippen LogP contribution in [0.25, 0.3) is 0 Å². The smallest absolute Gasteiger partial charge is 0.406 e. The molecule has 34 heavy (non-hydrogen) atoms. The number of hydrogen-bond acceptors (Lipinski definition) is 6. The monoisotopic (exact) mass is 484 g/mol. The fraction of sp³-hybridized carbons (Fsp3) is 0.652. The normalized spacial score (nSPS) is 28.5. The van der Waals surface area contributed by atoms with Crippen LogP contribution in [0.4, 0.5) is 13.2 Å². The number of fused-ring (bicyclic) bond motifs is 1. The van der Waals surface area contributed by atoms with Crippen molar-refractivity contribution in [3.63, 3.8) is 0 Å². The lowest BCUT2D eigenvalue weighted by Crippen LogP contribution is -2.49. The van der Waals surface area contributed by atoms with Crippen LogP contribution in [0.3, 0.4) is 0 Å². The molecule has 4 atom stereocenters. The Morgan fingerprint density at radius 1 is 1.26 bits per heavy atom. The van der Waals surface area contributed by atoms with Gasteiger partial charge in [0.05, 0.1) is 6.10 Å². The molecule has 0 spiro atoms. The number of alkyl halides is 3. The molecule has 8 nitrogen and oxygen atoms in total. The van der Waals surface area contributed by atoms with E-state index in [0.717, 1.165) is 6.42 Å². The fourth-order valence-corrected chi connectivity index (χ4v) is 5.32. The topological polar surface area (TPSA) is 85.3 Å². The Morgan fingerprint density at radius 2 is 2.06 bits per heavy atom. The van der Waals surface area contributed by atoms with Crippen molar-refractivity contribution in [2.24, 2.45) is 0 Å². The number of carbonyl (C=O) groups is 2.